The molecule has 2 heterocycles. The van der Waals surface area contributed by atoms with Crippen LogP contribution in [-0.2, 0) is 37.0 Å². The van der Waals surface area contributed by atoms with Crippen molar-refractivity contribution in [1.29, 1.82) is 0 Å². The van der Waals surface area contributed by atoms with Gasteiger partial charge in [-0.05, 0) is 46.9 Å². The smallest absolute Gasteiger partial charge is 0.408 e. The third kappa shape index (κ3) is 9.11. The molecule has 0 spiro atoms. The Balaban J connectivity index is 1.17. The molecule has 0 bridgehead atoms. The van der Waals surface area contributed by atoms with Crippen molar-refractivity contribution in [1.82, 2.24) is 20.6 Å². The van der Waals surface area contributed by atoms with Gasteiger partial charge in [-0.3, -0.25) is 14.4 Å². The zero-order chi connectivity index (χ0) is 34.9. The number of likely N-dealkylation sites (tertiary alicyclic amines) is 1. The fourth-order valence-corrected chi connectivity index (χ4v) is 6.02. The predicted octanol–water partition coefficient (Wildman–Crippen LogP) is 5.11. The SMILES string of the molecule is CC(C)C(NC(=O)[C@@H]1CCCN1C(=O)[C@@H](NC(=O)OCc1ccccc1)C(C)C)C(=O)N1C=NC(Cc2cccc(-c3ccccc3)c2)O1. The first-order chi connectivity index (χ1) is 23.6. The Morgan fingerprint density at radius 3 is 2.14 bits per heavy atom. The largest absolute Gasteiger partial charge is 0.445 e. The average Bonchev–Trinajstić information content (AvgIpc) is 3.79. The monoisotopic (exact) mass is 667 g/mol. The molecule has 2 unspecified atom stereocenters. The highest BCUT2D eigenvalue weighted by Crippen LogP contribution is 2.24. The Bertz CT molecular complexity index is 1630. The van der Waals surface area contributed by atoms with Gasteiger partial charge < -0.3 is 20.3 Å². The first-order valence-corrected chi connectivity index (χ1v) is 16.9. The van der Waals surface area contributed by atoms with Gasteiger partial charge >= 0.3 is 6.09 Å². The van der Waals surface area contributed by atoms with Crippen molar-refractivity contribution in [3.63, 3.8) is 0 Å². The number of amides is 4. The van der Waals surface area contributed by atoms with Crippen LogP contribution in [0.3, 0.4) is 0 Å². The third-order valence-corrected chi connectivity index (χ3v) is 8.72. The number of nitrogens with zero attached hydrogens (tertiary/aromatic N) is 3. The number of hydrogen-bond donors (Lipinski definition) is 2. The van der Waals surface area contributed by atoms with Crippen LogP contribution < -0.4 is 10.6 Å². The molecule has 0 aromatic heterocycles. The summed E-state index contributed by atoms with van der Waals surface area (Å²) in [5, 5.41) is 6.66. The Hall–Kier alpha value is -5.03. The van der Waals surface area contributed by atoms with Crippen molar-refractivity contribution in [3.05, 3.63) is 96.1 Å². The van der Waals surface area contributed by atoms with Gasteiger partial charge in [0.2, 0.25) is 11.8 Å². The van der Waals surface area contributed by atoms with Gasteiger partial charge in [-0.2, -0.15) is 5.06 Å². The van der Waals surface area contributed by atoms with Crippen LogP contribution >= 0.6 is 0 Å². The van der Waals surface area contributed by atoms with Gasteiger partial charge in [-0.1, -0.05) is 113 Å². The first-order valence-electron chi connectivity index (χ1n) is 16.9. The van der Waals surface area contributed by atoms with Gasteiger partial charge in [0.25, 0.3) is 5.91 Å². The molecule has 258 valence electrons. The molecule has 0 radical (unpaired) electrons. The Labute approximate surface area is 287 Å². The topological polar surface area (TPSA) is 130 Å². The van der Waals surface area contributed by atoms with E-state index in [1.807, 2.05) is 94.4 Å². The summed E-state index contributed by atoms with van der Waals surface area (Å²) in [6, 6.07) is 24.8. The Morgan fingerprint density at radius 2 is 1.45 bits per heavy atom. The summed E-state index contributed by atoms with van der Waals surface area (Å²) < 4.78 is 5.35. The summed E-state index contributed by atoms with van der Waals surface area (Å²) in [6.45, 7) is 7.74. The van der Waals surface area contributed by atoms with Crippen molar-refractivity contribution in [2.45, 2.75) is 77.9 Å². The van der Waals surface area contributed by atoms with E-state index >= 15 is 0 Å². The lowest BCUT2D eigenvalue weighted by atomic mass is 10.0. The van der Waals surface area contributed by atoms with E-state index in [4.69, 9.17) is 9.57 Å². The molecule has 11 heteroatoms. The lowest BCUT2D eigenvalue weighted by Gasteiger charge is -2.32. The van der Waals surface area contributed by atoms with E-state index in [1.165, 1.54) is 11.2 Å². The summed E-state index contributed by atoms with van der Waals surface area (Å²) in [5.41, 5.74) is 4.02. The lowest BCUT2D eigenvalue weighted by Crippen LogP contribution is -2.58. The quantitative estimate of drug-likeness (QED) is 0.276. The van der Waals surface area contributed by atoms with Crippen LogP contribution in [0.5, 0.6) is 0 Å². The van der Waals surface area contributed by atoms with E-state index in [1.54, 1.807) is 0 Å². The summed E-state index contributed by atoms with van der Waals surface area (Å²) in [5.74, 6) is -1.79. The second-order valence-corrected chi connectivity index (χ2v) is 13.1. The second-order valence-electron chi connectivity index (χ2n) is 13.1. The van der Waals surface area contributed by atoms with E-state index in [0.29, 0.717) is 25.8 Å². The van der Waals surface area contributed by atoms with E-state index in [2.05, 4.69) is 33.8 Å². The van der Waals surface area contributed by atoms with Crippen LogP contribution in [0.1, 0.15) is 51.7 Å². The Kier molecular flexibility index (Phi) is 11.8. The van der Waals surface area contributed by atoms with E-state index < -0.39 is 42.3 Å². The summed E-state index contributed by atoms with van der Waals surface area (Å²) >= 11 is 0. The van der Waals surface area contributed by atoms with Gasteiger partial charge in [0, 0.05) is 13.0 Å². The summed E-state index contributed by atoms with van der Waals surface area (Å²) in [6.07, 6.45) is 1.56. The molecule has 0 saturated carbocycles. The lowest BCUT2D eigenvalue weighted by molar-refractivity contribution is -0.171. The molecule has 2 aliphatic heterocycles. The summed E-state index contributed by atoms with van der Waals surface area (Å²) in [4.78, 5) is 65.5. The van der Waals surface area contributed by atoms with Gasteiger partial charge in [-0.25, -0.2) is 14.6 Å². The fraction of sp³-hybridized carbons (Fsp3) is 0.395. The molecular formula is C38H45N5O6. The van der Waals surface area contributed by atoms with E-state index in [0.717, 1.165) is 27.3 Å². The van der Waals surface area contributed by atoms with E-state index in [-0.39, 0.29) is 24.3 Å². The summed E-state index contributed by atoms with van der Waals surface area (Å²) in [7, 11) is 0. The zero-order valence-electron chi connectivity index (χ0n) is 28.5. The fourth-order valence-electron chi connectivity index (χ4n) is 6.02. The molecule has 11 nitrogen and oxygen atoms in total. The van der Waals surface area contributed by atoms with Crippen LogP contribution in [0.4, 0.5) is 4.79 Å². The molecule has 1 saturated heterocycles. The minimum atomic E-state index is -0.913. The second kappa shape index (κ2) is 16.4. The number of rotatable bonds is 12. The number of carbonyl (C=O) groups is 4. The predicted molar refractivity (Wildman–Crippen MR) is 186 cm³/mol. The Morgan fingerprint density at radius 1 is 0.816 bits per heavy atom. The number of hydrogen-bond acceptors (Lipinski definition) is 7. The molecular weight excluding hydrogens is 622 g/mol. The first kappa shape index (κ1) is 35.3. The number of hydroxylamine groups is 2. The van der Waals surface area contributed by atoms with Gasteiger partial charge in [0.05, 0.1) is 0 Å². The molecule has 3 aromatic rings. The van der Waals surface area contributed by atoms with Crippen molar-refractivity contribution < 1.29 is 28.8 Å². The third-order valence-electron chi connectivity index (χ3n) is 8.72. The number of alkyl carbamates (subject to hydrolysis) is 1. The van der Waals surface area contributed by atoms with Crippen LogP contribution in [0.25, 0.3) is 11.1 Å². The molecule has 2 aliphatic rings. The molecule has 4 amide bonds. The van der Waals surface area contributed by atoms with Gasteiger partial charge in [0.15, 0.2) is 6.23 Å². The zero-order valence-corrected chi connectivity index (χ0v) is 28.5. The number of nitrogens with one attached hydrogen (secondary N) is 2. The molecule has 49 heavy (non-hydrogen) atoms. The molecule has 3 aromatic carbocycles. The van der Waals surface area contributed by atoms with Crippen molar-refractivity contribution in [3.8, 4) is 11.1 Å². The van der Waals surface area contributed by atoms with Crippen molar-refractivity contribution >= 4 is 30.2 Å². The maximum atomic E-state index is 13.7. The minimum absolute atomic E-state index is 0.0681. The van der Waals surface area contributed by atoms with Crippen LogP contribution in [0.15, 0.2) is 89.9 Å². The molecule has 4 atom stereocenters. The van der Waals surface area contributed by atoms with Gasteiger partial charge in [0.1, 0.15) is 31.1 Å². The number of ether oxygens (including phenoxy) is 1. The van der Waals surface area contributed by atoms with Crippen LogP contribution in [0, 0.1) is 11.8 Å². The number of benzene rings is 3. The standard InChI is InChI=1S/C38H45N5O6/c1-25(2)33(41-38(47)48-23-27-13-7-5-8-14-27)36(45)42-20-12-19-31(42)35(44)40-34(26(3)4)37(46)43-24-39-32(49-43)22-28-15-11-18-30(21-28)29-16-9-6-10-17-29/h5-11,13-18,21,24-26,31-34H,12,19-20,22-23H2,1-4H3,(H,40,44)(H,41,47)/t31-,32?,33-,34?/m0/s1. The minimum Gasteiger partial charge on any atom is -0.445 e. The normalized spacial score (nSPS) is 18.4. The van der Waals surface area contributed by atoms with E-state index in [9.17, 15) is 19.2 Å². The van der Waals surface area contributed by atoms with Crippen molar-refractivity contribution in [2.24, 2.45) is 16.8 Å². The van der Waals surface area contributed by atoms with Crippen LogP contribution in [-0.4, -0.2) is 71.0 Å². The molecule has 5 rings (SSSR count). The highest BCUT2D eigenvalue weighted by molar-refractivity contribution is 5.96. The molecule has 2 N–H and O–H groups in total. The molecule has 1 fully saturated rings. The number of carbonyl (C=O) groups excluding carboxylic acids is 4. The molecule has 0 aliphatic carbocycles. The average molecular weight is 668 g/mol. The highest BCUT2D eigenvalue weighted by Gasteiger charge is 2.41. The van der Waals surface area contributed by atoms with Gasteiger partial charge in [-0.15, -0.1) is 0 Å². The number of aliphatic imine (C=N–C) groups is 1. The maximum Gasteiger partial charge on any atom is 0.408 e. The maximum absolute atomic E-state index is 13.7. The van der Waals surface area contributed by atoms with Crippen LogP contribution in [0.2, 0.25) is 0 Å². The van der Waals surface area contributed by atoms with Crippen molar-refractivity contribution in [2.75, 3.05) is 6.54 Å². The highest BCUT2D eigenvalue weighted by atomic mass is 16.7.